The van der Waals surface area contributed by atoms with Crippen LogP contribution in [-0.4, -0.2) is 11.5 Å². The van der Waals surface area contributed by atoms with Crippen molar-refractivity contribution in [3.63, 3.8) is 0 Å². The van der Waals surface area contributed by atoms with Gasteiger partial charge in [0.25, 0.3) is 0 Å². The number of benzene rings is 1. The minimum absolute atomic E-state index is 0.256. The molecule has 1 aromatic heterocycles. The quantitative estimate of drug-likeness (QED) is 0.859. The Labute approximate surface area is 127 Å². The number of hydrogen-bond acceptors (Lipinski definition) is 2. The SMILES string of the molecule is CCCNC(c1cncc(C)c1)C1(c2ccccc2)CC1. The average Bonchev–Trinajstić information content (AvgIpc) is 3.30. The van der Waals surface area contributed by atoms with Gasteiger partial charge in [0.15, 0.2) is 0 Å². The zero-order valence-electron chi connectivity index (χ0n) is 13.0. The van der Waals surface area contributed by atoms with Crippen LogP contribution in [-0.2, 0) is 5.41 Å². The van der Waals surface area contributed by atoms with E-state index in [0.29, 0.717) is 6.04 Å². The highest BCUT2D eigenvalue weighted by molar-refractivity contribution is 5.38. The maximum atomic E-state index is 4.41. The summed E-state index contributed by atoms with van der Waals surface area (Å²) >= 11 is 0. The Morgan fingerprint density at radius 1 is 1.19 bits per heavy atom. The number of hydrogen-bond donors (Lipinski definition) is 1. The monoisotopic (exact) mass is 280 g/mol. The molecular formula is C19H24N2. The van der Waals surface area contributed by atoms with E-state index in [4.69, 9.17) is 0 Å². The number of nitrogens with one attached hydrogen (secondary N) is 1. The second kappa shape index (κ2) is 5.98. The predicted molar refractivity (Wildman–Crippen MR) is 87.4 cm³/mol. The van der Waals surface area contributed by atoms with Gasteiger partial charge in [-0.2, -0.15) is 0 Å². The summed E-state index contributed by atoms with van der Waals surface area (Å²) in [5, 5.41) is 3.77. The highest BCUT2D eigenvalue weighted by atomic mass is 15.0. The fraction of sp³-hybridized carbons (Fsp3) is 0.421. The molecule has 0 radical (unpaired) electrons. The Hall–Kier alpha value is -1.67. The zero-order valence-corrected chi connectivity index (χ0v) is 13.0. The van der Waals surface area contributed by atoms with Gasteiger partial charge in [-0.05, 0) is 49.4 Å². The van der Waals surface area contributed by atoms with Gasteiger partial charge in [-0.1, -0.05) is 43.3 Å². The highest BCUT2D eigenvalue weighted by Gasteiger charge is 2.51. The second-order valence-corrected chi connectivity index (χ2v) is 6.20. The normalized spacial score (nSPS) is 17.4. The molecule has 0 spiro atoms. The standard InChI is InChI=1S/C19H24N2/c1-3-11-21-18(16-12-15(2)13-20-14-16)19(9-10-19)17-7-5-4-6-8-17/h4-8,12-14,18,21H,3,9-11H2,1-2H3. The lowest BCUT2D eigenvalue weighted by atomic mass is 9.84. The van der Waals surface area contributed by atoms with Crippen LogP contribution in [0.3, 0.4) is 0 Å². The van der Waals surface area contributed by atoms with Gasteiger partial charge in [0.1, 0.15) is 0 Å². The molecule has 1 aliphatic rings. The van der Waals surface area contributed by atoms with Crippen LogP contribution in [0.4, 0.5) is 0 Å². The molecule has 0 saturated heterocycles. The van der Waals surface area contributed by atoms with E-state index in [1.165, 1.54) is 29.5 Å². The van der Waals surface area contributed by atoms with Crippen molar-refractivity contribution in [1.29, 1.82) is 0 Å². The Bertz CT molecular complexity index is 588. The molecule has 1 N–H and O–H groups in total. The van der Waals surface area contributed by atoms with Gasteiger partial charge < -0.3 is 5.32 Å². The van der Waals surface area contributed by atoms with Crippen LogP contribution in [0.15, 0.2) is 48.8 Å². The van der Waals surface area contributed by atoms with Gasteiger partial charge >= 0.3 is 0 Å². The molecule has 3 rings (SSSR count). The molecule has 2 heteroatoms. The highest BCUT2D eigenvalue weighted by Crippen LogP contribution is 2.56. The molecule has 1 saturated carbocycles. The first-order valence-corrected chi connectivity index (χ1v) is 7.97. The van der Waals surface area contributed by atoms with E-state index in [1.54, 1.807) is 0 Å². The smallest absolute Gasteiger partial charge is 0.0433 e. The molecule has 1 fully saturated rings. The third kappa shape index (κ3) is 2.86. The van der Waals surface area contributed by atoms with Crippen LogP contribution in [0.1, 0.15) is 48.9 Å². The largest absolute Gasteiger partial charge is 0.309 e. The number of aryl methyl sites for hydroxylation is 1. The minimum Gasteiger partial charge on any atom is -0.309 e. The van der Waals surface area contributed by atoms with Crippen molar-refractivity contribution in [2.45, 2.75) is 44.6 Å². The summed E-state index contributed by atoms with van der Waals surface area (Å²) in [5.74, 6) is 0. The summed E-state index contributed by atoms with van der Waals surface area (Å²) in [5.41, 5.74) is 4.27. The fourth-order valence-corrected chi connectivity index (χ4v) is 3.31. The Balaban J connectivity index is 1.96. The van der Waals surface area contributed by atoms with Crippen molar-refractivity contribution in [2.75, 3.05) is 6.54 Å². The molecule has 0 bridgehead atoms. The van der Waals surface area contributed by atoms with E-state index in [2.05, 4.69) is 60.5 Å². The summed E-state index contributed by atoms with van der Waals surface area (Å²) in [7, 11) is 0. The Morgan fingerprint density at radius 3 is 2.57 bits per heavy atom. The topological polar surface area (TPSA) is 24.9 Å². The van der Waals surface area contributed by atoms with Crippen LogP contribution < -0.4 is 5.32 Å². The van der Waals surface area contributed by atoms with Crippen molar-refractivity contribution < 1.29 is 0 Å². The summed E-state index contributed by atoms with van der Waals surface area (Å²) in [6.45, 7) is 5.39. The van der Waals surface area contributed by atoms with E-state index in [-0.39, 0.29) is 5.41 Å². The molecule has 110 valence electrons. The lowest BCUT2D eigenvalue weighted by molar-refractivity contribution is 0.428. The van der Waals surface area contributed by atoms with Gasteiger partial charge in [-0.15, -0.1) is 0 Å². The Kier molecular flexibility index (Phi) is 4.07. The minimum atomic E-state index is 0.256. The third-order valence-corrected chi connectivity index (χ3v) is 4.52. The first-order valence-electron chi connectivity index (χ1n) is 7.97. The Morgan fingerprint density at radius 2 is 1.95 bits per heavy atom. The van der Waals surface area contributed by atoms with Gasteiger partial charge in [0.2, 0.25) is 0 Å². The van der Waals surface area contributed by atoms with Gasteiger partial charge in [0.05, 0.1) is 0 Å². The molecule has 1 atom stereocenters. The third-order valence-electron chi connectivity index (χ3n) is 4.52. The van der Waals surface area contributed by atoms with Crippen molar-refractivity contribution in [1.82, 2.24) is 10.3 Å². The number of aromatic nitrogens is 1. The van der Waals surface area contributed by atoms with Gasteiger partial charge in [-0.3, -0.25) is 4.98 Å². The van der Waals surface area contributed by atoms with Gasteiger partial charge in [-0.25, -0.2) is 0 Å². The van der Waals surface area contributed by atoms with Crippen molar-refractivity contribution >= 4 is 0 Å². The van der Waals surface area contributed by atoms with Crippen LogP contribution in [0.2, 0.25) is 0 Å². The van der Waals surface area contributed by atoms with Crippen molar-refractivity contribution in [3.05, 3.63) is 65.5 Å². The fourth-order valence-electron chi connectivity index (χ4n) is 3.31. The molecule has 1 aliphatic carbocycles. The molecule has 1 heterocycles. The lowest BCUT2D eigenvalue weighted by Gasteiger charge is -2.29. The van der Waals surface area contributed by atoms with Crippen LogP contribution in [0, 0.1) is 6.92 Å². The summed E-state index contributed by atoms with van der Waals surface area (Å²) in [4.78, 5) is 4.41. The second-order valence-electron chi connectivity index (χ2n) is 6.20. The van der Waals surface area contributed by atoms with E-state index in [1.807, 2.05) is 12.4 Å². The number of pyridine rings is 1. The first kappa shape index (κ1) is 14.3. The van der Waals surface area contributed by atoms with Crippen LogP contribution >= 0.6 is 0 Å². The van der Waals surface area contributed by atoms with E-state index in [9.17, 15) is 0 Å². The molecule has 21 heavy (non-hydrogen) atoms. The van der Waals surface area contributed by atoms with E-state index in [0.717, 1.165) is 13.0 Å². The zero-order chi connectivity index (χ0) is 14.7. The van der Waals surface area contributed by atoms with Crippen LogP contribution in [0.5, 0.6) is 0 Å². The first-order chi connectivity index (χ1) is 10.3. The van der Waals surface area contributed by atoms with E-state index >= 15 is 0 Å². The molecule has 0 aliphatic heterocycles. The molecular weight excluding hydrogens is 256 g/mol. The van der Waals surface area contributed by atoms with Crippen molar-refractivity contribution in [3.8, 4) is 0 Å². The molecule has 1 aromatic carbocycles. The predicted octanol–water partition coefficient (Wildman–Crippen LogP) is 4.16. The molecule has 1 unspecified atom stereocenters. The number of nitrogens with zero attached hydrogens (tertiary/aromatic N) is 1. The average molecular weight is 280 g/mol. The summed E-state index contributed by atoms with van der Waals surface area (Å²) < 4.78 is 0. The van der Waals surface area contributed by atoms with Gasteiger partial charge in [0, 0.05) is 23.9 Å². The molecule has 2 nitrogen and oxygen atoms in total. The van der Waals surface area contributed by atoms with Crippen LogP contribution in [0.25, 0.3) is 0 Å². The van der Waals surface area contributed by atoms with E-state index < -0.39 is 0 Å². The number of rotatable bonds is 6. The maximum absolute atomic E-state index is 4.41. The molecule has 0 amide bonds. The summed E-state index contributed by atoms with van der Waals surface area (Å²) in [6.07, 6.45) is 7.63. The lowest BCUT2D eigenvalue weighted by Crippen LogP contribution is -2.33. The molecule has 2 aromatic rings. The summed E-state index contributed by atoms with van der Waals surface area (Å²) in [6, 6.07) is 13.6. The van der Waals surface area contributed by atoms with Crippen molar-refractivity contribution in [2.24, 2.45) is 0 Å². The maximum Gasteiger partial charge on any atom is 0.0433 e.